The first kappa shape index (κ1) is 16.3. The van der Waals surface area contributed by atoms with Gasteiger partial charge in [-0.2, -0.15) is 0 Å². The Kier molecular flexibility index (Phi) is 4.95. The Balaban J connectivity index is 2.23. The molecular weight excluding hydrogens is 381 g/mol. The molecule has 0 fully saturated rings. The predicted octanol–water partition coefficient (Wildman–Crippen LogP) is 3.44. The average Bonchev–Trinajstić information content (AvgIpc) is 2.73. The van der Waals surface area contributed by atoms with E-state index >= 15 is 0 Å². The van der Waals surface area contributed by atoms with Crippen molar-refractivity contribution < 1.29 is 12.8 Å². The van der Waals surface area contributed by atoms with Crippen molar-refractivity contribution in [1.82, 2.24) is 10.2 Å². The highest BCUT2D eigenvalue weighted by molar-refractivity contribution is 9.10. The van der Waals surface area contributed by atoms with Gasteiger partial charge in [-0.3, -0.25) is 4.72 Å². The summed E-state index contributed by atoms with van der Waals surface area (Å²) in [5.41, 5.74) is 0. The van der Waals surface area contributed by atoms with Crippen LogP contribution >= 0.6 is 27.3 Å². The molecule has 1 heterocycles. The summed E-state index contributed by atoms with van der Waals surface area (Å²) in [6.45, 7) is 4.06. The van der Waals surface area contributed by atoms with Crippen LogP contribution in [0.4, 0.5) is 9.52 Å². The van der Waals surface area contributed by atoms with Crippen molar-refractivity contribution in [2.45, 2.75) is 25.2 Å². The maximum Gasteiger partial charge on any atom is 0.266 e. The van der Waals surface area contributed by atoms with Gasteiger partial charge in [0.05, 0.1) is 0 Å². The number of sulfonamides is 1. The Morgan fingerprint density at radius 3 is 2.71 bits per heavy atom. The Hall–Kier alpha value is -1.06. The zero-order valence-electron chi connectivity index (χ0n) is 11.3. The van der Waals surface area contributed by atoms with Gasteiger partial charge in [0.15, 0.2) is 0 Å². The van der Waals surface area contributed by atoms with Gasteiger partial charge in [0.25, 0.3) is 10.0 Å². The zero-order chi connectivity index (χ0) is 15.6. The van der Waals surface area contributed by atoms with Gasteiger partial charge in [0, 0.05) is 10.9 Å². The highest BCUT2D eigenvalue weighted by Gasteiger charge is 2.21. The number of rotatable bonds is 5. The molecular formula is C12H13BrFN3O2S2. The van der Waals surface area contributed by atoms with Crippen LogP contribution in [0.25, 0.3) is 0 Å². The number of halogens is 2. The lowest BCUT2D eigenvalue weighted by molar-refractivity contribution is 0.569. The Morgan fingerprint density at radius 2 is 2.10 bits per heavy atom. The first-order valence-corrected chi connectivity index (χ1v) is 9.17. The van der Waals surface area contributed by atoms with Crippen LogP contribution in [0.15, 0.2) is 27.6 Å². The van der Waals surface area contributed by atoms with E-state index in [1.165, 1.54) is 12.1 Å². The van der Waals surface area contributed by atoms with Crippen LogP contribution in [0.5, 0.6) is 0 Å². The fourth-order valence-electron chi connectivity index (χ4n) is 1.59. The monoisotopic (exact) mass is 393 g/mol. The standard InChI is InChI=1S/C12H13BrFN3O2S2/c1-7(2)5-11-15-16-12(20-11)17-21(18,19)10-4-3-8(13)6-9(10)14/h3-4,6-7H,5H2,1-2H3,(H,16,17). The molecule has 0 aliphatic heterocycles. The van der Waals surface area contributed by atoms with Crippen molar-refractivity contribution in [2.75, 3.05) is 4.72 Å². The molecule has 0 saturated carbocycles. The molecule has 1 aromatic heterocycles. The molecule has 0 aliphatic rings. The van der Waals surface area contributed by atoms with E-state index in [1.54, 1.807) is 0 Å². The van der Waals surface area contributed by atoms with Crippen molar-refractivity contribution in [3.63, 3.8) is 0 Å². The van der Waals surface area contributed by atoms with E-state index in [0.29, 0.717) is 16.8 Å². The molecule has 1 N–H and O–H groups in total. The van der Waals surface area contributed by atoms with Crippen LogP contribution in [0.1, 0.15) is 18.9 Å². The molecule has 2 aromatic rings. The number of benzene rings is 1. The quantitative estimate of drug-likeness (QED) is 0.844. The van der Waals surface area contributed by atoms with Crippen molar-refractivity contribution in [3.05, 3.63) is 33.5 Å². The third-order valence-corrected chi connectivity index (χ3v) is 5.31. The van der Waals surface area contributed by atoms with E-state index in [4.69, 9.17) is 0 Å². The summed E-state index contributed by atoms with van der Waals surface area (Å²) in [6.07, 6.45) is 0.714. The summed E-state index contributed by atoms with van der Waals surface area (Å²) in [6, 6.07) is 3.75. The molecule has 114 valence electrons. The van der Waals surface area contributed by atoms with Crippen molar-refractivity contribution in [3.8, 4) is 0 Å². The normalized spacial score (nSPS) is 11.9. The molecule has 0 spiro atoms. The van der Waals surface area contributed by atoms with E-state index in [2.05, 4.69) is 30.8 Å². The van der Waals surface area contributed by atoms with E-state index < -0.39 is 20.7 Å². The zero-order valence-corrected chi connectivity index (χ0v) is 14.5. The number of hydrogen-bond donors (Lipinski definition) is 1. The largest absolute Gasteiger partial charge is 0.266 e. The topological polar surface area (TPSA) is 72.0 Å². The molecule has 0 aliphatic carbocycles. The van der Waals surface area contributed by atoms with Gasteiger partial charge in [-0.15, -0.1) is 10.2 Å². The maximum atomic E-state index is 13.7. The summed E-state index contributed by atoms with van der Waals surface area (Å²) >= 11 is 4.23. The average molecular weight is 394 g/mol. The van der Waals surface area contributed by atoms with E-state index in [9.17, 15) is 12.8 Å². The van der Waals surface area contributed by atoms with Crippen LogP contribution in [-0.4, -0.2) is 18.6 Å². The maximum absolute atomic E-state index is 13.7. The smallest absolute Gasteiger partial charge is 0.253 e. The summed E-state index contributed by atoms with van der Waals surface area (Å²) < 4.78 is 40.7. The van der Waals surface area contributed by atoms with Gasteiger partial charge in [-0.05, 0) is 24.1 Å². The molecule has 21 heavy (non-hydrogen) atoms. The van der Waals surface area contributed by atoms with Gasteiger partial charge in [0.2, 0.25) is 5.13 Å². The minimum Gasteiger partial charge on any atom is -0.253 e. The van der Waals surface area contributed by atoms with Gasteiger partial charge >= 0.3 is 0 Å². The molecule has 0 saturated heterocycles. The first-order chi connectivity index (χ1) is 9.78. The number of aromatic nitrogens is 2. The van der Waals surface area contributed by atoms with Gasteiger partial charge < -0.3 is 0 Å². The van der Waals surface area contributed by atoms with E-state index in [1.807, 2.05) is 13.8 Å². The lowest BCUT2D eigenvalue weighted by atomic mass is 10.1. The molecule has 0 unspecified atom stereocenters. The second-order valence-corrected chi connectivity index (χ2v) is 8.41. The van der Waals surface area contributed by atoms with Crippen LogP contribution in [-0.2, 0) is 16.4 Å². The lowest BCUT2D eigenvalue weighted by Crippen LogP contribution is -2.14. The number of nitrogens with one attached hydrogen (secondary N) is 1. The van der Waals surface area contributed by atoms with Crippen molar-refractivity contribution in [2.24, 2.45) is 5.92 Å². The third-order valence-electron chi connectivity index (χ3n) is 2.45. The number of hydrogen-bond acceptors (Lipinski definition) is 5. The third kappa shape index (κ3) is 4.21. The molecule has 9 heteroatoms. The summed E-state index contributed by atoms with van der Waals surface area (Å²) in [7, 11) is -4.01. The van der Waals surface area contributed by atoms with Crippen LogP contribution in [0.2, 0.25) is 0 Å². The number of anilines is 1. The summed E-state index contributed by atoms with van der Waals surface area (Å²) in [4.78, 5) is -0.425. The van der Waals surface area contributed by atoms with Crippen LogP contribution < -0.4 is 4.72 Å². The first-order valence-electron chi connectivity index (χ1n) is 6.08. The predicted molar refractivity (Wildman–Crippen MR) is 83.4 cm³/mol. The highest BCUT2D eigenvalue weighted by Crippen LogP contribution is 2.24. The SMILES string of the molecule is CC(C)Cc1nnc(NS(=O)(=O)c2ccc(Br)cc2F)s1. The molecule has 0 atom stereocenters. The highest BCUT2D eigenvalue weighted by atomic mass is 79.9. The molecule has 0 amide bonds. The molecule has 2 rings (SSSR count). The Bertz CT molecular complexity index is 747. The second kappa shape index (κ2) is 6.37. The minimum atomic E-state index is -4.01. The minimum absolute atomic E-state index is 0.132. The van der Waals surface area contributed by atoms with Crippen LogP contribution in [0, 0.1) is 11.7 Å². The van der Waals surface area contributed by atoms with Gasteiger partial charge in [0.1, 0.15) is 15.7 Å². The molecule has 5 nitrogen and oxygen atoms in total. The Labute approximate surface area is 134 Å². The van der Waals surface area contributed by atoms with Gasteiger partial charge in [-0.1, -0.05) is 41.1 Å². The summed E-state index contributed by atoms with van der Waals surface area (Å²) in [5.74, 6) is -0.435. The second-order valence-electron chi connectivity index (χ2n) is 4.78. The fourth-order valence-corrected chi connectivity index (χ4v) is 4.17. The number of nitrogens with zero attached hydrogens (tertiary/aromatic N) is 2. The van der Waals surface area contributed by atoms with Crippen molar-refractivity contribution in [1.29, 1.82) is 0 Å². The van der Waals surface area contributed by atoms with Crippen molar-refractivity contribution >= 4 is 42.4 Å². The molecule has 0 bridgehead atoms. The molecule has 0 radical (unpaired) electrons. The van der Waals surface area contributed by atoms with Gasteiger partial charge in [-0.25, -0.2) is 12.8 Å². The lowest BCUT2D eigenvalue weighted by Gasteiger charge is -2.06. The fraction of sp³-hybridized carbons (Fsp3) is 0.333. The summed E-state index contributed by atoms with van der Waals surface area (Å²) in [5, 5.41) is 8.55. The Morgan fingerprint density at radius 1 is 1.38 bits per heavy atom. The van der Waals surface area contributed by atoms with E-state index in [0.717, 1.165) is 22.4 Å². The van der Waals surface area contributed by atoms with E-state index in [-0.39, 0.29) is 5.13 Å². The van der Waals surface area contributed by atoms with Crippen LogP contribution in [0.3, 0.4) is 0 Å². The molecule has 1 aromatic carbocycles.